The molecule has 0 aromatic carbocycles. The molecule has 2 N–H and O–H groups in total. The first kappa shape index (κ1) is 10.7. The molecule has 0 spiro atoms. The summed E-state index contributed by atoms with van der Waals surface area (Å²) in [5.74, 6) is -0.154. The van der Waals surface area contributed by atoms with Gasteiger partial charge in [0.1, 0.15) is 0 Å². The highest BCUT2D eigenvalue weighted by Crippen LogP contribution is 1.98. The summed E-state index contributed by atoms with van der Waals surface area (Å²) in [7, 11) is 1.76. The number of carbonyl (C=O) groups excluding carboxylic acids is 1. The van der Waals surface area contributed by atoms with Crippen LogP contribution < -0.4 is 5.32 Å². The summed E-state index contributed by atoms with van der Waals surface area (Å²) in [6.07, 6.45) is 3.73. The van der Waals surface area contributed by atoms with E-state index in [1.165, 1.54) is 6.20 Å². The molecule has 1 aromatic heterocycles. The molecule has 0 radical (unpaired) electrons. The zero-order valence-corrected chi connectivity index (χ0v) is 8.40. The minimum atomic E-state index is -0.154. The Morgan fingerprint density at radius 2 is 2.50 bits per heavy atom. The van der Waals surface area contributed by atoms with E-state index in [0.29, 0.717) is 12.0 Å². The zero-order valence-electron chi connectivity index (χ0n) is 8.40. The van der Waals surface area contributed by atoms with E-state index in [1.807, 2.05) is 6.92 Å². The summed E-state index contributed by atoms with van der Waals surface area (Å²) < 4.78 is 1.58. The number of amides is 1. The van der Waals surface area contributed by atoms with Crippen molar-refractivity contribution in [3.8, 4) is 0 Å². The highest BCUT2D eigenvalue weighted by molar-refractivity contribution is 5.93. The average molecular weight is 197 g/mol. The number of aliphatic hydroxyl groups is 1. The maximum Gasteiger partial charge on any atom is 0.254 e. The fraction of sp³-hybridized carbons (Fsp3) is 0.556. The lowest BCUT2D eigenvalue weighted by atomic mass is 10.2. The maximum absolute atomic E-state index is 11.5. The Labute approximate surface area is 82.7 Å². The van der Waals surface area contributed by atoms with Gasteiger partial charge in [-0.05, 0) is 13.3 Å². The van der Waals surface area contributed by atoms with Crippen molar-refractivity contribution in [3.63, 3.8) is 0 Å². The molecule has 1 aromatic rings. The number of hydrogen-bond donors (Lipinski definition) is 2. The Balaban J connectivity index is 2.50. The third kappa shape index (κ3) is 2.85. The quantitative estimate of drug-likeness (QED) is 0.709. The van der Waals surface area contributed by atoms with E-state index in [9.17, 15) is 4.79 Å². The first-order chi connectivity index (χ1) is 6.63. The van der Waals surface area contributed by atoms with Gasteiger partial charge in [0.15, 0.2) is 0 Å². The van der Waals surface area contributed by atoms with Crippen molar-refractivity contribution in [2.75, 3.05) is 6.61 Å². The second kappa shape index (κ2) is 4.76. The number of carbonyl (C=O) groups is 1. The Bertz CT molecular complexity index is 309. The molecule has 1 rings (SSSR count). The monoisotopic (exact) mass is 197 g/mol. The van der Waals surface area contributed by atoms with E-state index in [2.05, 4.69) is 10.4 Å². The molecule has 0 bridgehead atoms. The van der Waals surface area contributed by atoms with Crippen molar-refractivity contribution in [2.24, 2.45) is 7.05 Å². The molecule has 1 unspecified atom stereocenters. The van der Waals surface area contributed by atoms with E-state index < -0.39 is 0 Å². The van der Waals surface area contributed by atoms with Gasteiger partial charge in [-0.2, -0.15) is 5.10 Å². The van der Waals surface area contributed by atoms with Gasteiger partial charge < -0.3 is 10.4 Å². The fourth-order valence-electron chi connectivity index (χ4n) is 1.11. The van der Waals surface area contributed by atoms with E-state index in [0.717, 1.165) is 0 Å². The smallest absolute Gasteiger partial charge is 0.254 e. The summed E-state index contributed by atoms with van der Waals surface area (Å²) in [5.41, 5.74) is 0.539. The lowest BCUT2D eigenvalue weighted by Gasteiger charge is -2.10. The van der Waals surface area contributed by atoms with E-state index in [4.69, 9.17) is 5.11 Å². The number of nitrogens with one attached hydrogen (secondary N) is 1. The Morgan fingerprint density at radius 3 is 3.00 bits per heavy atom. The largest absolute Gasteiger partial charge is 0.396 e. The van der Waals surface area contributed by atoms with Crippen LogP contribution in [0.1, 0.15) is 23.7 Å². The normalized spacial score (nSPS) is 12.5. The summed E-state index contributed by atoms with van der Waals surface area (Å²) in [5, 5.41) is 15.3. The minimum absolute atomic E-state index is 0.0206. The van der Waals surface area contributed by atoms with Crippen LogP contribution in [0.15, 0.2) is 12.4 Å². The number of rotatable bonds is 4. The number of aryl methyl sites for hydroxylation is 1. The summed E-state index contributed by atoms with van der Waals surface area (Å²) in [4.78, 5) is 11.5. The Morgan fingerprint density at radius 1 is 1.79 bits per heavy atom. The van der Waals surface area contributed by atoms with Gasteiger partial charge in [-0.15, -0.1) is 0 Å². The van der Waals surface area contributed by atoms with Crippen LogP contribution in [0, 0.1) is 0 Å². The Kier molecular flexibility index (Phi) is 3.64. The van der Waals surface area contributed by atoms with Gasteiger partial charge in [-0.3, -0.25) is 9.48 Å². The van der Waals surface area contributed by atoms with Crippen molar-refractivity contribution in [1.29, 1.82) is 0 Å². The zero-order chi connectivity index (χ0) is 10.6. The summed E-state index contributed by atoms with van der Waals surface area (Å²) in [6.45, 7) is 1.93. The lowest BCUT2D eigenvalue weighted by molar-refractivity contribution is 0.0934. The van der Waals surface area contributed by atoms with Gasteiger partial charge in [-0.1, -0.05) is 0 Å². The van der Waals surface area contributed by atoms with Gasteiger partial charge in [0, 0.05) is 25.9 Å². The number of aromatic nitrogens is 2. The second-order valence-electron chi connectivity index (χ2n) is 3.29. The molecule has 1 amide bonds. The maximum atomic E-state index is 11.5. The van der Waals surface area contributed by atoms with Gasteiger partial charge in [0.25, 0.3) is 5.91 Å². The third-order valence-electron chi connectivity index (χ3n) is 1.91. The average Bonchev–Trinajstić information content (AvgIpc) is 2.52. The summed E-state index contributed by atoms with van der Waals surface area (Å²) in [6, 6.07) is -0.0206. The summed E-state index contributed by atoms with van der Waals surface area (Å²) >= 11 is 0. The highest BCUT2D eigenvalue weighted by atomic mass is 16.3. The van der Waals surface area contributed by atoms with Crippen LogP contribution >= 0.6 is 0 Å². The molecule has 5 nitrogen and oxygen atoms in total. The molecule has 78 valence electrons. The second-order valence-corrected chi connectivity index (χ2v) is 3.29. The number of nitrogens with zero attached hydrogens (tertiary/aromatic N) is 2. The molecule has 0 saturated carbocycles. The van der Waals surface area contributed by atoms with Crippen LogP contribution in [-0.4, -0.2) is 33.4 Å². The van der Waals surface area contributed by atoms with E-state index in [-0.39, 0.29) is 18.6 Å². The van der Waals surface area contributed by atoms with Gasteiger partial charge >= 0.3 is 0 Å². The van der Waals surface area contributed by atoms with Gasteiger partial charge in [0.05, 0.1) is 11.8 Å². The molecule has 1 heterocycles. The molecule has 1 atom stereocenters. The predicted octanol–water partition coefficient (Wildman–Crippen LogP) is -0.0792. The third-order valence-corrected chi connectivity index (χ3v) is 1.91. The first-order valence-electron chi connectivity index (χ1n) is 4.54. The molecule has 0 aliphatic rings. The molecular formula is C9H15N3O2. The lowest BCUT2D eigenvalue weighted by Crippen LogP contribution is -2.32. The van der Waals surface area contributed by atoms with Crippen LogP contribution in [0.2, 0.25) is 0 Å². The van der Waals surface area contributed by atoms with Crippen LogP contribution in [0.5, 0.6) is 0 Å². The molecular weight excluding hydrogens is 182 g/mol. The SMILES string of the molecule is CC(CCO)NC(=O)c1cnn(C)c1. The van der Waals surface area contributed by atoms with Crippen LogP contribution in [-0.2, 0) is 7.05 Å². The molecule has 0 fully saturated rings. The number of hydrogen-bond acceptors (Lipinski definition) is 3. The molecule has 5 heteroatoms. The molecule has 0 aliphatic heterocycles. The fourth-order valence-corrected chi connectivity index (χ4v) is 1.11. The minimum Gasteiger partial charge on any atom is -0.396 e. The standard InChI is InChI=1S/C9H15N3O2/c1-7(3-4-13)11-9(14)8-5-10-12(2)6-8/h5-7,13H,3-4H2,1-2H3,(H,11,14). The van der Waals surface area contributed by atoms with Crippen molar-refractivity contribution in [1.82, 2.24) is 15.1 Å². The van der Waals surface area contributed by atoms with Crippen molar-refractivity contribution in [3.05, 3.63) is 18.0 Å². The van der Waals surface area contributed by atoms with Crippen LogP contribution in [0.4, 0.5) is 0 Å². The first-order valence-corrected chi connectivity index (χ1v) is 4.54. The topological polar surface area (TPSA) is 67.2 Å². The number of aliphatic hydroxyl groups excluding tert-OH is 1. The molecule has 0 saturated heterocycles. The van der Waals surface area contributed by atoms with Gasteiger partial charge in [-0.25, -0.2) is 0 Å². The van der Waals surface area contributed by atoms with E-state index >= 15 is 0 Å². The Hall–Kier alpha value is -1.36. The molecule has 14 heavy (non-hydrogen) atoms. The van der Waals surface area contributed by atoms with Crippen molar-refractivity contribution >= 4 is 5.91 Å². The predicted molar refractivity (Wildman–Crippen MR) is 51.8 cm³/mol. The van der Waals surface area contributed by atoms with Crippen LogP contribution in [0.3, 0.4) is 0 Å². The van der Waals surface area contributed by atoms with Crippen LogP contribution in [0.25, 0.3) is 0 Å². The van der Waals surface area contributed by atoms with Gasteiger partial charge in [0.2, 0.25) is 0 Å². The highest BCUT2D eigenvalue weighted by Gasteiger charge is 2.10. The van der Waals surface area contributed by atoms with Crippen molar-refractivity contribution < 1.29 is 9.90 Å². The van der Waals surface area contributed by atoms with E-state index in [1.54, 1.807) is 17.9 Å². The van der Waals surface area contributed by atoms with Crippen molar-refractivity contribution in [2.45, 2.75) is 19.4 Å². The molecule has 0 aliphatic carbocycles.